The van der Waals surface area contributed by atoms with E-state index in [9.17, 15) is 9.36 Å². The van der Waals surface area contributed by atoms with Crippen molar-refractivity contribution in [2.45, 2.75) is 33.1 Å². The van der Waals surface area contributed by atoms with Crippen LogP contribution in [0.15, 0.2) is 42.9 Å². The number of ether oxygens (including phenoxy) is 2. The Morgan fingerprint density at radius 1 is 1.22 bits per heavy atom. The molecule has 0 bridgehead atoms. The van der Waals surface area contributed by atoms with Crippen LogP contribution in [0.25, 0.3) is 0 Å². The van der Waals surface area contributed by atoms with Crippen LogP contribution in [-0.2, 0) is 23.1 Å². The van der Waals surface area contributed by atoms with E-state index >= 15 is 0 Å². The van der Waals surface area contributed by atoms with Gasteiger partial charge in [-0.1, -0.05) is 34.9 Å². The fourth-order valence-electron chi connectivity index (χ4n) is 2.08. The molecular weight excluding hydrogens is 371 g/mol. The first-order chi connectivity index (χ1) is 12.9. The Balaban J connectivity index is 0.000000345. The maximum Gasteiger partial charge on any atom is 0.699 e. The van der Waals surface area contributed by atoms with Gasteiger partial charge in [-0.05, 0) is 26.3 Å². The van der Waals surface area contributed by atoms with E-state index in [2.05, 4.69) is 18.8 Å². The lowest BCUT2D eigenvalue weighted by Crippen LogP contribution is -2.15. The van der Waals surface area contributed by atoms with E-state index < -0.39 is 14.5 Å². The molecule has 0 N–H and O–H groups in total. The lowest BCUT2D eigenvalue weighted by Gasteiger charge is -2.16. The lowest BCUT2D eigenvalue weighted by molar-refractivity contribution is -0.0408. The Kier molecular flexibility index (Phi) is 10.4. The topological polar surface area (TPSA) is 88.9 Å². The zero-order chi connectivity index (χ0) is 20.2. The van der Waals surface area contributed by atoms with Crippen molar-refractivity contribution in [2.75, 3.05) is 20.8 Å². The number of imidazole rings is 1. The molecule has 1 aromatic heterocycles. The van der Waals surface area contributed by atoms with Crippen LogP contribution in [0.3, 0.4) is 0 Å². The summed E-state index contributed by atoms with van der Waals surface area (Å²) in [7, 11) is 0.770. The third-order valence-electron chi connectivity index (χ3n) is 3.57. The number of rotatable bonds is 8. The first-order valence-corrected chi connectivity index (χ1v) is 9.48. The largest absolute Gasteiger partial charge is 0.699 e. The van der Waals surface area contributed by atoms with Crippen molar-refractivity contribution >= 4 is 14.2 Å². The summed E-state index contributed by atoms with van der Waals surface area (Å²) in [5.74, 6) is -0.335. The zero-order valence-corrected chi connectivity index (χ0v) is 17.1. The SMILES string of the molecule is CCOC(=O)c1cncn1C(C)c1ccccc1.COC(C)O[P+](=O)OC. The van der Waals surface area contributed by atoms with Gasteiger partial charge >= 0.3 is 14.2 Å². The van der Waals surface area contributed by atoms with Crippen LogP contribution in [-0.4, -0.2) is 42.6 Å². The van der Waals surface area contributed by atoms with Crippen LogP contribution in [0.1, 0.15) is 42.9 Å². The number of benzene rings is 1. The number of hydrogen-bond donors (Lipinski definition) is 0. The molecular formula is C18H26N2O6P+. The van der Waals surface area contributed by atoms with Gasteiger partial charge in [0, 0.05) is 11.7 Å². The van der Waals surface area contributed by atoms with Crippen molar-refractivity contribution in [3.8, 4) is 0 Å². The summed E-state index contributed by atoms with van der Waals surface area (Å²) in [5.41, 5.74) is 1.61. The van der Waals surface area contributed by atoms with E-state index in [-0.39, 0.29) is 12.0 Å². The number of esters is 1. The molecule has 0 saturated heterocycles. The highest BCUT2D eigenvalue weighted by molar-refractivity contribution is 7.33. The van der Waals surface area contributed by atoms with Crippen LogP contribution >= 0.6 is 8.25 Å². The first-order valence-electron chi connectivity index (χ1n) is 8.39. The molecule has 3 atom stereocenters. The van der Waals surface area contributed by atoms with Gasteiger partial charge in [0.1, 0.15) is 5.69 Å². The summed E-state index contributed by atoms with van der Waals surface area (Å²) in [6.45, 7) is 5.81. The second kappa shape index (κ2) is 12.3. The first kappa shape index (κ1) is 22.9. The molecule has 2 rings (SSSR count). The molecule has 27 heavy (non-hydrogen) atoms. The number of methoxy groups -OCH3 is 1. The van der Waals surface area contributed by atoms with Gasteiger partial charge in [-0.25, -0.2) is 9.78 Å². The van der Waals surface area contributed by atoms with Gasteiger partial charge in [-0.15, -0.1) is 4.52 Å². The highest BCUT2D eigenvalue weighted by atomic mass is 31.1. The monoisotopic (exact) mass is 397 g/mol. The maximum atomic E-state index is 11.8. The van der Waals surface area contributed by atoms with Crippen molar-refractivity contribution in [2.24, 2.45) is 0 Å². The van der Waals surface area contributed by atoms with Gasteiger partial charge < -0.3 is 14.0 Å². The van der Waals surface area contributed by atoms with Gasteiger partial charge in [-0.2, -0.15) is 0 Å². The Bertz CT molecular complexity index is 707. The smallest absolute Gasteiger partial charge is 0.461 e. The summed E-state index contributed by atoms with van der Waals surface area (Å²) < 4.78 is 30.8. The highest BCUT2D eigenvalue weighted by Crippen LogP contribution is 2.24. The van der Waals surface area contributed by atoms with Crippen LogP contribution in [0.4, 0.5) is 0 Å². The van der Waals surface area contributed by atoms with E-state index in [1.54, 1.807) is 20.2 Å². The highest BCUT2D eigenvalue weighted by Gasteiger charge is 2.21. The third-order valence-corrected chi connectivity index (χ3v) is 4.33. The van der Waals surface area contributed by atoms with Crippen molar-refractivity contribution in [1.29, 1.82) is 0 Å². The van der Waals surface area contributed by atoms with E-state index in [1.807, 2.05) is 41.8 Å². The maximum absolute atomic E-state index is 11.8. The second-order valence-electron chi connectivity index (χ2n) is 5.31. The molecule has 9 heteroatoms. The van der Waals surface area contributed by atoms with Crippen LogP contribution in [0.5, 0.6) is 0 Å². The van der Waals surface area contributed by atoms with E-state index in [0.29, 0.717) is 12.3 Å². The van der Waals surface area contributed by atoms with Gasteiger partial charge in [0.05, 0.1) is 32.3 Å². The van der Waals surface area contributed by atoms with Gasteiger partial charge in [0.25, 0.3) is 0 Å². The van der Waals surface area contributed by atoms with Crippen LogP contribution in [0.2, 0.25) is 0 Å². The van der Waals surface area contributed by atoms with Crippen LogP contribution < -0.4 is 0 Å². The minimum absolute atomic E-state index is 0.0492. The summed E-state index contributed by atoms with van der Waals surface area (Å²) in [6, 6.07) is 10.0. The molecule has 0 amide bonds. The molecule has 0 saturated carbocycles. The fraction of sp³-hybridized carbons (Fsp3) is 0.444. The molecule has 148 valence electrons. The number of nitrogens with zero attached hydrogens (tertiary/aromatic N) is 2. The number of aromatic nitrogens is 2. The van der Waals surface area contributed by atoms with Crippen molar-refractivity contribution < 1.29 is 27.9 Å². The minimum Gasteiger partial charge on any atom is -0.461 e. The van der Waals surface area contributed by atoms with Crippen molar-refractivity contribution in [3.63, 3.8) is 0 Å². The number of carbonyl (C=O) groups excluding carboxylic acids is 1. The average molecular weight is 397 g/mol. The van der Waals surface area contributed by atoms with Crippen LogP contribution in [0, 0.1) is 0 Å². The molecule has 8 nitrogen and oxygen atoms in total. The minimum atomic E-state index is -2.00. The molecule has 2 aromatic rings. The molecule has 0 radical (unpaired) electrons. The third kappa shape index (κ3) is 7.56. The average Bonchev–Trinajstić information content (AvgIpc) is 3.18. The van der Waals surface area contributed by atoms with E-state index in [0.717, 1.165) is 5.56 Å². The summed E-state index contributed by atoms with van der Waals surface area (Å²) in [6.07, 6.45) is 2.72. The number of carbonyl (C=O) groups is 1. The van der Waals surface area contributed by atoms with E-state index in [1.165, 1.54) is 20.4 Å². The Morgan fingerprint density at radius 2 is 1.89 bits per heavy atom. The Labute approximate surface area is 160 Å². The molecule has 1 aromatic carbocycles. The predicted octanol–water partition coefficient (Wildman–Crippen LogP) is 3.97. The van der Waals surface area contributed by atoms with E-state index in [4.69, 9.17) is 4.74 Å². The molecule has 0 fully saturated rings. The quantitative estimate of drug-likeness (QED) is 0.378. The lowest BCUT2D eigenvalue weighted by atomic mass is 10.1. The zero-order valence-electron chi connectivity index (χ0n) is 16.2. The summed E-state index contributed by atoms with van der Waals surface area (Å²) >= 11 is 0. The Morgan fingerprint density at radius 3 is 2.44 bits per heavy atom. The number of hydrogen-bond acceptors (Lipinski definition) is 7. The molecule has 3 unspecified atom stereocenters. The molecule has 0 aliphatic heterocycles. The molecule has 0 spiro atoms. The normalized spacial score (nSPS) is 13.1. The van der Waals surface area contributed by atoms with Crippen molar-refractivity contribution in [3.05, 3.63) is 54.1 Å². The van der Waals surface area contributed by atoms with Crippen molar-refractivity contribution in [1.82, 2.24) is 9.55 Å². The molecule has 0 aliphatic carbocycles. The van der Waals surface area contributed by atoms with Gasteiger partial charge in [0.2, 0.25) is 6.29 Å². The molecule has 1 heterocycles. The van der Waals surface area contributed by atoms with Gasteiger partial charge in [-0.3, -0.25) is 0 Å². The second-order valence-corrected chi connectivity index (χ2v) is 6.33. The standard InChI is InChI=1S/C14H16N2O2.C4H10O4P/c1-3-18-14(17)13-9-15-10-16(13)11(2)12-7-5-4-6-8-12;1-4(6-2)8-9(5)7-3/h4-11H,3H2,1-2H3;4H,1-3H3/q;+1. The Hall–Kier alpha value is -2.12. The summed E-state index contributed by atoms with van der Waals surface area (Å²) in [4.78, 5) is 15.8. The molecule has 0 aliphatic rings. The summed E-state index contributed by atoms with van der Waals surface area (Å²) in [5, 5.41) is 0. The predicted molar refractivity (Wildman–Crippen MR) is 101 cm³/mol. The fourth-order valence-corrected chi connectivity index (χ4v) is 2.49. The van der Waals surface area contributed by atoms with Gasteiger partial charge in [0.15, 0.2) is 0 Å².